The lowest BCUT2D eigenvalue weighted by molar-refractivity contribution is 0.475. The first-order valence-corrected chi connectivity index (χ1v) is 8.52. The van der Waals surface area contributed by atoms with Gasteiger partial charge in [0.25, 0.3) is 0 Å². The number of halogens is 1. The van der Waals surface area contributed by atoms with Crippen molar-refractivity contribution in [1.29, 1.82) is 0 Å². The summed E-state index contributed by atoms with van der Waals surface area (Å²) in [7, 11) is 0. The van der Waals surface area contributed by atoms with E-state index in [1.165, 1.54) is 0 Å². The van der Waals surface area contributed by atoms with Gasteiger partial charge in [0.05, 0.1) is 0 Å². The van der Waals surface area contributed by atoms with Gasteiger partial charge in [-0.2, -0.15) is 4.52 Å². The molecule has 0 spiro atoms. The molecule has 2 N–H and O–H groups in total. The summed E-state index contributed by atoms with van der Waals surface area (Å²) in [5.74, 6) is 1.59. The van der Waals surface area contributed by atoms with Gasteiger partial charge < -0.3 is 10.4 Å². The third-order valence-electron chi connectivity index (χ3n) is 4.16. The number of hydrogen-bond donors (Lipinski definition) is 2. The van der Waals surface area contributed by atoms with Crippen molar-refractivity contribution in [3.8, 4) is 5.75 Å². The number of rotatable bonds is 4. The number of benzene rings is 2. The summed E-state index contributed by atoms with van der Waals surface area (Å²) in [6.07, 6.45) is 0. The van der Waals surface area contributed by atoms with Crippen LogP contribution in [0.2, 0.25) is 5.02 Å². The van der Waals surface area contributed by atoms with Crippen molar-refractivity contribution >= 4 is 28.8 Å². The highest BCUT2D eigenvalue weighted by Crippen LogP contribution is 2.25. The van der Waals surface area contributed by atoms with Crippen LogP contribution in [0.5, 0.6) is 5.75 Å². The third kappa shape index (κ3) is 3.19. The highest BCUT2D eigenvalue weighted by molar-refractivity contribution is 6.30. The summed E-state index contributed by atoms with van der Waals surface area (Å²) in [5, 5.41) is 26.5. The number of hydrogen-bond acceptors (Lipinski definition) is 5. The molecule has 2 heterocycles. The molecule has 2 aromatic carbocycles. The predicted molar refractivity (Wildman–Crippen MR) is 101 cm³/mol. The maximum atomic E-state index is 9.47. The smallest absolute Gasteiger partial charge is 0.178 e. The molecule has 130 valence electrons. The Bertz CT molecular complexity index is 1060. The second kappa shape index (κ2) is 6.65. The van der Waals surface area contributed by atoms with E-state index in [0.29, 0.717) is 16.5 Å². The van der Waals surface area contributed by atoms with Crippen LogP contribution >= 0.6 is 11.6 Å². The molecular formula is C19H16ClN5O. The number of nitrogens with one attached hydrogen (secondary N) is 1. The van der Waals surface area contributed by atoms with Crippen LogP contribution in [0.15, 0.2) is 60.7 Å². The molecule has 0 saturated heterocycles. The van der Waals surface area contributed by atoms with Crippen LogP contribution in [-0.2, 0) is 0 Å². The minimum atomic E-state index is -0.0282. The monoisotopic (exact) mass is 365 g/mol. The fourth-order valence-corrected chi connectivity index (χ4v) is 2.96. The van der Waals surface area contributed by atoms with Gasteiger partial charge >= 0.3 is 0 Å². The minimum absolute atomic E-state index is 0.0282. The van der Waals surface area contributed by atoms with E-state index in [4.69, 9.17) is 11.6 Å². The van der Waals surface area contributed by atoms with Crippen LogP contribution in [0.4, 0.5) is 11.5 Å². The van der Waals surface area contributed by atoms with Crippen LogP contribution in [0.3, 0.4) is 0 Å². The molecular weight excluding hydrogens is 350 g/mol. The first-order valence-electron chi connectivity index (χ1n) is 8.14. The van der Waals surface area contributed by atoms with Gasteiger partial charge in [0, 0.05) is 16.6 Å². The van der Waals surface area contributed by atoms with Crippen molar-refractivity contribution in [2.45, 2.75) is 12.8 Å². The Morgan fingerprint density at radius 1 is 1.04 bits per heavy atom. The Hall–Kier alpha value is -3.12. The largest absolute Gasteiger partial charge is 0.508 e. The third-order valence-corrected chi connectivity index (χ3v) is 4.40. The Morgan fingerprint density at radius 2 is 1.85 bits per heavy atom. The number of fused-ring (bicyclic) bond motifs is 1. The minimum Gasteiger partial charge on any atom is -0.508 e. The predicted octanol–water partition coefficient (Wildman–Crippen LogP) is 4.38. The number of nitrogens with zero attached hydrogens (tertiary/aromatic N) is 4. The lowest BCUT2D eigenvalue weighted by Crippen LogP contribution is -2.06. The average molecular weight is 366 g/mol. The second-order valence-electron chi connectivity index (χ2n) is 6.00. The van der Waals surface area contributed by atoms with Crippen molar-refractivity contribution in [3.05, 3.63) is 77.1 Å². The molecule has 0 aliphatic rings. The van der Waals surface area contributed by atoms with Crippen molar-refractivity contribution in [1.82, 2.24) is 19.8 Å². The molecule has 0 aliphatic carbocycles. The second-order valence-corrected chi connectivity index (χ2v) is 6.43. The molecule has 7 heteroatoms. The van der Waals surface area contributed by atoms with Gasteiger partial charge in [-0.05, 0) is 48.0 Å². The average Bonchev–Trinajstić information content (AvgIpc) is 3.05. The van der Waals surface area contributed by atoms with E-state index in [2.05, 4.69) is 20.6 Å². The van der Waals surface area contributed by atoms with Gasteiger partial charge in [0.2, 0.25) is 0 Å². The number of aromatic hydroxyl groups is 1. The highest BCUT2D eigenvalue weighted by Gasteiger charge is 2.17. The van der Waals surface area contributed by atoms with Gasteiger partial charge in [0.1, 0.15) is 5.75 Å². The molecule has 0 amide bonds. The number of anilines is 2. The summed E-state index contributed by atoms with van der Waals surface area (Å²) in [6.45, 7) is 2.03. The zero-order chi connectivity index (χ0) is 18.1. The van der Waals surface area contributed by atoms with Gasteiger partial charge in [-0.1, -0.05) is 36.7 Å². The van der Waals surface area contributed by atoms with E-state index < -0.39 is 0 Å². The van der Waals surface area contributed by atoms with Gasteiger partial charge in [-0.25, -0.2) is 0 Å². The zero-order valence-corrected chi connectivity index (χ0v) is 14.7. The molecule has 6 nitrogen and oxygen atoms in total. The lowest BCUT2D eigenvalue weighted by atomic mass is 10.0. The van der Waals surface area contributed by atoms with Crippen LogP contribution in [0.1, 0.15) is 24.2 Å². The Morgan fingerprint density at radius 3 is 2.62 bits per heavy atom. The maximum absolute atomic E-state index is 9.47. The van der Waals surface area contributed by atoms with Crippen molar-refractivity contribution < 1.29 is 5.11 Å². The molecule has 0 fully saturated rings. The van der Waals surface area contributed by atoms with E-state index in [0.717, 1.165) is 17.1 Å². The SMILES string of the molecule is C[C@H](c1ccc(O)cc1)c1nnc2ccc(Nc3cccc(Cl)c3)nn12. The van der Waals surface area contributed by atoms with Crippen LogP contribution in [0, 0.1) is 0 Å². The number of phenols is 1. The summed E-state index contributed by atoms with van der Waals surface area (Å²) >= 11 is 6.03. The fourth-order valence-electron chi connectivity index (χ4n) is 2.77. The van der Waals surface area contributed by atoms with E-state index in [9.17, 15) is 5.11 Å². The van der Waals surface area contributed by atoms with E-state index in [1.807, 2.05) is 55.5 Å². The Kier molecular flexibility index (Phi) is 4.18. The first-order chi connectivity index (χ1) is 12.6. The molecule has 0 saturated carbocycles. The number of aromatic nitrogens is 4. The zero-order valence-electron chi connectivity index (χ0n) is 14.0. The fraction of sp³-hybridized carbons (Fsp3) is 0.105. The van der Waals surface area contributed by atoms with Crippen molar-refractivity contribution in [2.24, 2.45) is 0 Å². The van der Waals surface area contributed by atoms with Gasteiger partial charge in [-0.3, -0.25) is 0 Å². The number of phenolic OH excluding ortho intramolecular Hbond substituents is 1. The molecule has 0 unspecified atom stereocenters. The Balaban J connectivity index is 1.69. The summed E-state index contributed by atoms with van der Waals surface area (Å²) < 4.78 is 1.73. The topological polar surface area (TPSA) is 75.3 Å². The summed E-state index contributed by atoms with van der Waals surface area (Å²) in [5.41, 5.74) is 2.54. The quantitative estimate of drug-likeness (QED) is 0.561. The molecule has 1 atom stereocenters. The molecule has 0 radical (unpaired) electrons. The summed E-state index contributed by atoms with van der Waals surface area (Å²) in [6, 6.07) is 18.2. The Labute approximate surface area is 155 Å². The molecule has 0 aliphatic heterocycles. The van der Waals surface area contributed by atoms with Crippen LogP contribution < -0.4 is 5.32 Å². The van der Waals surface area contributed by atoms with Gasteiger partial charge in [0.15, 0.2) is 17.3 Å². The molecule has 2 aromatic heterocycles. The normalized spacial score (nSPS) is 12.2. The lowest BCUT2D eigenvalue weighted by Gasteiger charge is -2.11. The standard InChI is InChI=1S/C19H16ClN5O/c1-12(13-5-7-16(26)8-6-13)19-23-22-18-10-9-17(24-25(18)19)21-15-4-2-3-14(20)11-15/h2-12,26H,1H3,(H,21,24)/t12-/m1/s1. The van der Waals surface area contributed by atoms with E-state index in [-0.39, 0.29) is 11.7 Å². The molecule has 4 rings (SSSR count). The van der Waals surface area contributed by atoms with Crippen LogP contribution in [0.25, 0.3) is 5.65 Å². The first kappa shape index (κ1) is 16.4. The maximum Gasteiger partial charge on any atom is 0.178 e. The van der Waals surface area contributed by atoms with Gasteiger partial charge in [-0.15, -0.1) is 15.3 Å². The van der Waals surface area contributed by atoms with Crippen LogP contribution in [-0.4, -0.2) is 24.9 Å². The van der Waals surface area contributed by atoms with E-state index >= 15 is 0 Å². The molecule has 0 bridgehead atoms. The van der Waals surface area contributed by atoms with E-state index in [1.54, 1.807) is 16.6 Å². The van der Waals surface area contributed by atoms with Crippen molar-refractivity contribution in [2.75, 3.05) is 5.32 Å². The highest BCUT2D eigenvalue weighted by atomic mass is 35.5. The summed E-state index contributed by atoms with van der Waals surface area (Å²) in [4.78, 5) is 0. The van der Waals surface area contributed by atoms with Crippen molar-refractivity contribution in [3.63, 3.8) is 0 Å². The molecule has 4 aromatic rings. The molecule has 26 heavy (non-hydrogen) atoms.